The summed E-state index contributed by atoms with van der Waals surface area (Å²) in [7, 11) is 0. The van der Waals surface area contributed by atoms with Gasteiger partial charge in [0.25, 0.3) is 0 Å². The van der Waals surface area contributed by atoms with Crippen LogP contribution in [0, 0.1) is 27.9 Å². The van der Waals surface area contributed by atoms with Crippen molar-refractivity contribution in [3.63, 3.8) is 0 Å². The predicted molar refractivity (Wildman–Crippen MR) is 65.3 cm³/mol. The van der Waals surface area contributed by atoms with Gasteiger partial charge in [0.1, 0.15) is 0 Å². The molecule has 0 atom stereocenters. The van der Waals surface area contributed by atoms with Crippen LogP contribution in [-0.4, -0.2) is 0 Å². The Morgan fingerprint density at radius 2 is 1.44 bits per heavy atom. The van der Waals surface area contributed by atoms with Crippen molar-refractivity contribution < 1.29 is 58.9 Å². The Bertz CT molecular complexity index is 262. The van der Waals surface area contributed by atoms with Gasteiger partial charge in [-0.25, -0.2) is 12.2 Å². The second kappa shape index (κ2) is 25.9. The van der Waals surface area contributed by atoms with Gasteiger partial charge in [-0.2, -0.15) is 30.7 Å². The number of rotatable bonds is 0. The van der Waals surface area contributed by atoms with E-state index in [1.807, 2.05) is 42.5 Å². The largest absolute Gasteiger partial charge is 3.00 e. The van der Waals surface area contributed by atoms with Gasteiger partial charge in [-0.3, -0.25) is 6.08 Å². The van der Waals surface area contributed by atoms with Gasteiger partial charge in [0, 0.05) is 0 Å². The summed E-state index contributed by atoms with van der Waals surface area (Å²) < 4.78 is 0. The fourth-order valence-corrected chi connectivity index (χ4v) is 0.818. The maximum absolute atomic E-state index is 3.72. The fourth-order valence-electron chi connectivity index (χ4n) is 0.818. The van der Waals surface area contributed by atoms with Crippen molar-refractivity contribution in [1.82, 2.24) is 0 Å². The molecule has 4 heteroatoms. The van der Waals surface area contributed by atoms with Crippen LogP contribution < -0.4 is 37.2 Å². The molecule has 0 nitrogen and oxygen atoms in total. The van der Waals surface area contributed by atoms with Crippen molar-refractivity contribution in [3.8, 4) is 0 Å². The van der Waals surface area contributed by atoms with Crippen molar-refractivity contribution in [2.45, 2.75) is 6.42 Å². The molecule has 0 N–H and O–H groups in total. The summed E-state index contributed by atoms with van der Waals surface area (Å²) >= 11 is 0. The predicted octanol–water partition coefficient (Wildman–Crippen LogP) is -4.92. The molecule has 0 aliphatic heterocycles. The molecule has 103 valence electrons. The third kappa shape index (κ3) is 21.4. The van der Waals surface area contributed by atoms with Crippen molar-refractivity contribution in [3.05, 3.63) is 82.0 Å². The monoisotopic (exact) mass is 339 g/mol. The van der Waals surface area contributed by atoms with Crippen LogP contribution in [-0.2, 0) is 21.7 Å². The minimum absolute atomic E-state index is 0. The third-order valence-corrected chi connectivity index (χ3v) is 1.43. The quantitative estimate of drug-likeness (QED) is 0.328. The number of hydrogen-bond acceptors (Lipinski definition) is 0. The van der Waals surface area contributed by atoms with Crippen molar-refractivity contribution in [1.29, 1.82) is 0 Å². The second-order valence-corrected chi connectivity index (χ2v) is 2.49. The normalized spacial score (nSPS) is 8.22. The zero-order valence-corrected chi connectivity index (χ0v) is 14.5. The van der Waals surface area contributed by atoms with E-state index in [9.17, 15) is 0 Å². The number of allylic oxidation sites excluding steroid dienone is 4. The van der Waals surface area contributed by atoms with E-state index in [2.05, 4.69) is 19.1 Å². The number of hydrogen-bond donors (Lipinski definition) is 0. The van der Waals surface area contributed by atoms with Crippen LogP contribution in [0.5, 0.6) is 0 Å². The topological polar surface area (TPSA) is 0 Å². The molecule has 0 fully saturated rings. The molecule has 1 aliphatic rings. The van der Waals surface area contributed by atoms with Crippen molar-refractivity contribution >= 4 is 0 Å². The summed E-state index contributed by atoms with van der Waals surface area (Å²) in [6.07, 6.45) is 10.0. The summed E-state index contributed by atoms with van der Waals surface area (Å²) in [6.45, 7) is 3.72. The Morgan fingerprint density at radius 1 is 0.944 bits per heavy atom. The molecule has 1 radical (unpaired) electrons. The maximum atomic E-state index is 3.72. The van der Waals surface area contributed by atoms with Gasteiger partial charge in [0.2, 0.25) is 0 Å². The first-order valence-electron chi connectivity index (χ1n) is 3.98. The maximum Gasteiger partial charge on any atom is 3.00 e. The molecular formula is C14H18Cl3Ti-4. The van der Waals surface area contributed by atoms with Gasteiger partial charge >= 0.3 is 21.7 Å². The average molecular weight is 341 g/mol. The van der Waals surface area contributed by atoms with Crippen LogP contribution in [0.3, 0.4) is 0 Å². The molecule has 1 aromatic rings. The molecule has 0 bridgehead atoms. The average Bonchev–Trinajstić information content (AvgIpc) is 2.62. The molecule has 1 aliphatic carbocycles. The van der Waals surface area contributed by atoms with E-state index in [1.54, 1.807) is 0 Å². The van der Waals surface area contributed by atoms with E-state index in [1.165, 1.54) is 0 Å². The standard InChI is InChI=1S/C7H7.C5H5.2CH3.3ClH.Ti/c1-7-5-3-2-4-6-7;1-2-4-5-3-1;;;;;;/h2-6H,1H2;1-3H,4H2;2*1H3;3*1H;/q4*-1;;;;+3/p-3. The number of benzene rings is 1. The Kier molecular flexibility index (Phi) is 52.0. The van der Waals surface area contributed by atoms with Crippen LogP contribution in [0.15, 0.2) is 48.6 Å². The van der Waals surface area contributed by atoms with Crippen LogP contribution in [0.25, 0.3) is 0 Å². The fraction of sp³-hybridized carbons (Fsp3) is 0.0714. The van der Waals surface area contributed by atoms with Crippen LogP contribution in [0.2, 0.25) is 0 Å². The van der Waals surface area contributed by atoms with Gasteiger partial charge in [-0.05, 0) is 0 Å². The van der Waals surface area contributed by atoms with Crippen LogP contribution in [0.4, 0.5) is 0 Å². The Balaban J connectivity index is -0.0000000306. The molecule has 0 spiro atoms. The smallest absolute Gasteiger partial charge is 1.00 e. The van der Waals surface area contributed by atoms with Crippen LogP contribution >= 0.6 is 0 Å². The van der Waals surface area contributed by atoms with Gasteiger partial charge in [-0.15, -0.1) is 18.6 Å². The van der Waals surface area contributed by atoms with Gasteiger partial charge in [0.05, 0.1) is 0 Å². The summed E-state index contributed by atoms with van der Waals surface area (Å²) in [5, 5.41) is 0. The van der Waals surface area contributed by atoms with E-state index < -0.39 is 0 Å². The molecule has 0 saturated carbocycles. The Morgan fingerprint density at radius 3 is 1.61 bits per heavy atom. The van der Waals surface area contributed by atoms with Crippen molar-refractivity contribution in [2.24, 2.45) is 0 Å². The van der Waals surface area contributed by atoms with E-state index in [0.717, 1.165) is 12.0 Å². The molecule has 0 aromatic heterocycles. The number of halogens is 3. The third-order valence-electron chi connectivity index (χ3n) is 1.43. The summed E-state index contributed by atoms with van der Waals surface area (Å²) in [5.74, 6) is 0. The molecular weight excluding hydrogens is 322 g/mol. The second-order valence-electron chi connectivity index (χ2n) is 2.49. The minimum Gasteiger partial charge on any atom is -1.00 e. The summed E-state index contributed by atoms with van der Waals surface area (Å²) in [6, 6.07) is 9.87. The Hall–Kier alpha value is 0.154. The molecule has 0 unspecified atom stereocenters. The minimum atomic E-state index is 0. The van der Waals surface area contributed by atoms with E-state index in [0.29, 0.717) is 0 Å². The van der Waals surface area contributed by atoms with Crippen LogP contribution in [0.1, 0.15) is 12.0 Å². The van der Waals surface area contributed by atoms with E-state index >= 15 is 0 Å². The molecule has 0 amide bonds. The molecule has 1 aromatic carbocycles. The van der Waals surface area contributed by atoms with Gasteiger partial charge in [0.15, 0.2) is 0 Å². The molecule has 0 heterocycles. The van der Waals surface area contributed by atoms with E-state index in [4.69, 9.17) is 0 Å². The molecule has 0 saturated heterocycles. The van der Waals surface area contributed by atoms with Gasteiger partial charge in [-0.1, -0.05) is 6.07 Å². The molecule has 18 heavy (non-hydrogen) atoms. The van der Waals surface area contributed by atoms with Crippen molar-refractivity contribution in [2.75, 3.05) is 0 Å². The summed E-state index contributed by atoms with van der Waals surface area (Å²) in [4.78, 5) is 0. The Labute approximate surface area is 146 Å². The zero-order chi connectivity index (χ0) is 8.65. The summed E-state index contributed by atoms with van der Waals surface area (Å²) in [5.41, 5.74) is 1.07. The first-order chi connectivity index (χ1) is 5.89. The first-order valence-corrected chi connectivity index (χ1v) is 3.98. The van der Waals surface area contributed by atoms with Gasteiger partial charge < -0.3 is 52.1 Å². The molecule has 2 rings (SSSR count). The SMILES string of the molecule is [C-]1=CC=CC1.[CH2-]c1ccccc1.[CH3-].[CH3-].[Cl-].[Cl-].[Cl-].[Ti+3]. The first kappa shape index (κ1) is 36.2. The van der Waals surface area contributed by atoms with E-state index in [-0.39, 0.29) is 73.8 Å². The zero-order valence-electron chi connectivity index (χ0n) is 10.7.